The summed E-state index contributed by atoms with van der Waals surface area (Å²) >= 11 is 0. The van der Waals surface area contributed by atoms with Crippen LogP contribution in [0.3, 0.4) is 0 Å². The maximum Gasteiger partial charge on any atom is 0.331 e. The number of piperazine rings is 1. The standard InChI is InChI=1S/C21H21FN2O5S/c22-18-6-4-5-17(15-18)9-10-21(26)29-16-20(25)23-11-13-24(14-12-23)30(27,28)19-7-2-1-3-8-19/h1-10,15H,11-14,16H2/b10-9+. The van der Waals surface area contributed by atoms with Gasteiger partial charge in [0.05, 0.1) is 4.90 Å². The molecule has 0 unspecified atom stereocenters. The molecule has 3 rings (SSSR count). The Balaban J connectivity index is 1.47. The van der Waals surface area contributed by atoms with E-state index in [4.69, 9.17) is 4.74 Å². The number of amides is 1. The van der Waals surface area contributed by atoms with Crippen LogP contribution >= 0.6 is 0 Å². The number of nitrogens with zero attached hydrogens (tertiary/aromatic N) is 2. The lowest BCUT2D eigenvalue weighted by molar-refractivity contribution is -0.148. The molecule has 1 amide bonds. The lowest BCUT2D eigenvalue weighted by Crippen LogP contribution is -2.51. The summed E-state index contributed by atoms with van der Waals surface area (Å²) < 4.78 is 44.6. The molecule has 1 heterocycles. The van der Waals surface area contributed by atoms with Gasteiger partial charge in [-0.25, -0.2) is 17.6 Å². The number of esters is 1. The molecule has 1 fully saturated rings. The Morgan fingerprint density at radius 1 is 1.00 bits per heavy atom. The van der Waals surface area contributed by atoms with Crippen molar-refractivity contribution in [2.75, 3.05) is 32.8 Å². The normalized spacial score (nSPS) is 15.3. The zero-order chi connectivity index (χ0) is 21.6. The molecule has 0 saturated carbocycles. The summed E-state index contributed by atoms with van der Waals surface area (Å²) in [6.45, 7) is 0.299. The minimum Gasteiger partial charge on any atom is -0.452 e. The fourth-order valence-corrected chi connectivity index (χ4v) is 4.41. The number of sulfonamides is 1. The first-order valence-corrected chi connectivity index (χ1v) is 10.7. The summed E-state index contributed by atoms with van der Waals surface area (Å²) in [7, 11) is -3.60. The van der Waals surface area contributed by atoms with Gasteiger partial charge in [-0.1, -0.05) is 30.3 Å². The van der Waals surface area contributed by atoms with E-state index in [9.17, 15) is 22.4 Å². The lowest BCUT2D eigenvalue weighted by Gasteiger charge is -2.33. The second-order valence-electron chi connectivity index (χ2n) is 6.59. The van der Waals surface area contributed by atoms with Gasteiger partial charge in [0.2, 0.25) is 10.0 Å². The van der Waals surface area contributed by atoms with Crippen molar-refractivity contribution in [3.8, 4) is 0 Å². The molecular formula is C21H21FN2O5S. The van der Waals surface area contributed by atoms with Crippen LogP contribution in [0, 0.1) is 5.82 Å². The van der Waals surface area contributed by atoms with E-state index in [1.807, 2.05) is 0 Å². The predicted molar refractivity (Wildman–Crippen MR) is 108 cm³/mol. The second kappa shape index (κ2) is 9.64. The minimum atomic E-state index is -3.60. The Morgan fingerprint density at radius 3 is 2.37 bits per heavy atom. The number of benzene rings is 2. The molecule has 1 aliphatic rings. The number of ether oxygens (including phenoxy) is 1. The number of halogens is 1. The minimum absolute atomic E-state index is 0.163. The number of rotatable bonds is 6. The van der Waals surface area contributed by atoms with Gasteiger partial charge in [0.15, 0.2) is 6.61 Å². The van der Waals surface area contributed by atoms with E-state index in [0.29, 0.717) is 5.56 Å². The topological polar surface area (TPSA) is 84.0 Å². The molecule has 30 heavy (non-hydrogen) atoms. The Hall–Kier alpha value is -3.04. The van der Waals surface area contributed by atoms with Crippen molar-refractivity contribution in [2.45, 2.75) is 4.90 Å². The Labute approximate surface area is 174 Å². The van der Waals surface area contributed by atoms with Crippen LogP contribution in [-0.4, -0.2) is 62.3 Å². The third kappa shape index (κ3) is 5.52. The average Bonchev–Trinajstić information content (AvgIpc) is 2.77. The van der Waals surface area contributed by atoms with Gasteiger partial charge >= 0.3 is 5.97 Å². The summed E-state index contributed by atoms with van der Waals surface area (Å²) in [6, 6.07) is 13.8. The van der Waals surface area contributed by atoms with Gasteiger partial charge in [0.25, 0.3) is 5.91 Å². The zero-order valence-electron chi connectivity index (χ0n) is 16.1. The van der Waals surface area contributed by atoms with Crippen molar-refractivity contribution >= 4 is 28.0 Å². The van der Waals surface area contributed by atoms with Gasteiger partial charge in [-0.2, -0.15) is 4.31 Å². The summed E-state index contributed by atoms with van der Waals surface area (Å²) in [5, 5.41) is 0. The summed E-state index contributed by atoms with van der Waals surface area (Å²) in [6.07, 6.45) is 2.51. The van der Waals surface area contributed by atoms with Crippen LogP contribution in [0.2, 0.25) is 0 Å². The molecule has 9 heteroatoms. The van der Waals surface area contributed by atoms with E-state index in [-0.39, 0.29) is 31.1 Å². The van der Waals surface area contributed by atoms with Crippen molar-refractivity contribution in [3.05, 3.63) is 72.1 Å². The first-order chi connectivity index (χ1) is 14.4. The van der Waals surface area contributed by atoms with Crippen LogP contribution in [-0.2, 0) is 24.3 Å². The third-order valence-corrected chi connectivity index (χ3v) is 6.48. The smallest absolute Gasteiger partial charge is 0.331 e. The molecule has 0 N–H and O–H groups in total. The van der Waals surface area contributed by atoms with Crippen LogP contribution < -0.4 is 0 Å². The monoisotopic (exact) mass is 432 g/mol. The lowest BCUT2D eigenvalue weighted by atomic mass is 10.2. The molecule has 2 aromatic rings. The molecule has 2 aromatic carbocycles. The van der Waals surface area contributed by atoms with Crippen molar-refractivity contribution in [1.82, 2.24) is 9.21 Å². The molecule has 1 saturated heterocycles. The quantitative estimate of drug-likeness (QED) is 0.514. The van der Waals surface area contributed by atoms with E-state index < -0.39 is 34.3 Å². The third-order valence-electron chi connectivity index (χ3n) is 4.57. The van der Waals surface area contributed by atoms with Gasteiger partial charge in [0.1, 0.15) is 5.82 Å². The van der Waals surface area contributed by atoms with E-state index >= 15 is 0 Å². The van der Waals surface area contributed by atoms with E-state index in [1.54, 1.807) is 24.3 Å². The van der Waals surface area contributed by atoms with Crippen molar-refractivity contribution in [3.63, 3.8) is 0 Å². The second-order valence-corrected chi connectivity index (χ2v) is 8.53. The van der Waals surface area contributed by atoms with E-state index in [1.165, 1.54) is 45.6 Å². The van der Waals surface area contributed by atoms with Gasteiger partial charge in [-0.05, 0) is 35.9 Å². The van der Waals surface area contributed by atoms with Crippen molar-refractivity contribution < 1.29 is 27.1 Å². The molecule has 0 aromatic heterocycles. The Morgan fingerprint density at radius 2 is 1.70 bits per heavy atom. The van der Waals surface area contributed by atoms with E-state index in [2.05, 4.69) is 0 Å². The molecule has 0 radical (unpaired) electrons. The molecule has 1 aliphatic heterocycles. The highest BCUT2D eigenvalue weighted by Gasteiger charge is 2.30. The highest BCUT2D eigenvalue weighted by molar-refractivity contribution is 7.89. The molecule has 0 spiro atoms. The molecule has 0 atom stereocenters. The molecule has 0 aliphatic carbocycles. The van der Waals surface area contributed by atoms with Crippen LogP contribution in [0.15, 0.2) is 65.6 Å². The number of carbonyl (C=O) groups excluding carboxylic acids is 2. The Bertz CT molecular complexity index is 1030. The fraction of sp³-hybridized carbons (Fsp3) is 0.238. The van der Waals surface area contributed by atoms with Crippen LogP contribution in [0.25, 0.3) is 6.08 Å². The van der Waals surface area contributed by atoms with Gasteiger partial charge in [-0.15, -0.1) is 0 Å². The van der Waals surface area contributed by atoms with Crippen molar-refractivity contribution in [2.24, 2.45) is 0 Å². The largest absolute Gasteiger partial charge is 0.452 e. The fourth-order valence-electron chi connectivity index (χ4n) is 2.97. The molecule has 7 nitrogen and oxygen atoms in total. The van der Waals surface area contributed by atoms with Gasteiger partial charge in [-0.3, -0.25) is 4.79 Å². The van der Waals surface area contributed by atoms with Gasteiger partial charge in [0, 0.05) is 32.3 Å². The predicted octanol–water partition coefficient (Wildman–Crippen LogP) is 1.92. The van der Waals surface area contributed by atoms with Gasteiger partial charge < -0.3 is 9.64 Å². The van der Waals surface area contributed by atoms with Crippen LogP contribution in [0.4, 0.5) is 4.39 Å². The summed E-state index contributed by atoms with van der Waals surface area (Å²) in [5.41, 5.74) is 0.494. The van der Waals surface area contributed by atoms with Crippen molar-refractivity contribution in [1.29, 1.82) is 0 Å². The Kier molecular flexibility index (Phi) is 6.96. The SMILES string of the molecule is O=C(/C=C/c1cccc(F)c1)OCC(=O)N1CCN(S(=O)(=O)c2ccccc2)CC1. The highest BCUT2D eigenvalue weighted by Crippen LogP contribution is 2.17. The summed E-state index contributed by atoms with van der Waals surface area (Å²) in [4.78, 5) is 25.7. The number of carbonyl (C=O) groups is 2. The number of hydrogen-bond acceptors (Lipinski definition) is 5. The van der Waals surface area contributed by atoms with E-state index in [0.717, 1.165) is 6.08 Å². The molecule has 0 bridgehead atoms. The molecular weight excluding hydrogens is 411 g/mol. The maximum atomic E-state index is 13.1. The number of hydrogen-bond donors (Lipinski definition) is 0. The average molecular weight is 432 g/mol. The van der Waals surface area contributed by atoms with Crippen LogP contribution in [0.5, 0.6) is 0 Å². The highest BCUT2D eigenvalue weighted by atomic mass is 32.2. The van der Waals surface area contributed by atoms with Crippen LogP contribution in [0.1, 0.15) is 5.56 Å². The first-order valence-electron chi connectivity index (χ1n) is 9.29. The zero-order valence-corrected chi connectivity index (χ0v) is 16.9. The maximum absolute atomic E-state index is 13.1. The summed E-state index contributed by atoms with van der Waals surface area (Å²) in [5.74, 6) is -1.55. The molecule has 158 valence electrons. The first kappa shape index (κ1) is 21.7.